The Labute approximate surface area is 116 Å². The smallest absolute Gasteiger partial charge is 0.219 e. The largest absolute Gasteiger partial charge is 0.340 e. The molecule has 0 unspecified atom stereocenters. The molecule has 0 aromatic rings. The van der Waals surface area contributed by atoms with Gasteiger partial charge in [0.2, 0.25) is 15.9 Å². The SMILES string of the molecule is CC(=O)N1CCN(S(=O)(=O)CC2CCCCC2)CC1. The molecule has 1 amide bonds. The molecule has 0 bridgehead atoms. The first-order valence-electron chi connectivity index (χ1n) is 7.22. The Morgan fingerprint density at radius 1 is 1.05 bits per heavy atom. The van der Waals surface area contributed by atoms with Crippen LogP contribution in [0.3, 0.4) is 0 Å². The highest BCUT2D eigenvalue weighted by molar-refractivity contribution is 7.89. The van der Waals surface area contributed by atoms with Crippen molar-refractivity contribution < 1.29 is 13.2 Å². The van der Waals surface area contributed by atoms with Crippen LogP contribution in [0.1, 0.15) is 39.0 Å². The fraction of sp³-hybridized carbons (Fsp3) is 0.923. The van der Waals surface area contributed by atoms with Gasteiger partial charge in [0.15, 0.2) is 0 Å². The van der Waals surface area contributed by atoms with E-state index < -0.39 is 10.0 Å². The molecule has 0 aromatic carbocycles. The highest BCUT2D eigenvalue weighted by atomic mass is 32.2. The lowest BCUT2D eigenvalue weighted by Crippen LogP contribution is -2.51. The molecule has 5 nitrogen and oxygen atoms in total. The number of hydrogen-bond donors (Lipinski definition) is 0. The summed E-state index contributed by atoms with van der Waals surface area (Å²) in [6, 6.07) is 0. The minimum Gasteiger partial charge on any atom is -0.340 e. The summed E-state index contributed by atoms with van der Waals surface area (Å²) < 4.78 is 26.3. The highest BCUT2D eigenvalue weighted by Gasteiger charge is 2.30. The number of piperazine rings is 1. The van der Waals surface area contributed by atoms with E-state index >= 15 is 0 Å². The predicted octanol–water partition coefficient (Wildman–Crippen LogP) is 1.06. The van der Waals surface area contributed by atoms with E-state index in [2.05, 4.69) is 0 Å². The standard InChI is InChI=1S/C13H24N2O3S/c1-12(16)14-7-9-15(10-8-14)19(17,18)11-13-5-3-2-4-6-13/h13H,2-11H2,1H3. The molecule has 110 valence electrons. The first-order valence-corrected chi connectivity index (χ1v) is 8.83. The van der Waals surface area contributed by atoms with Crippen molar-refractivity contribution in [3.05, 3.63) is 0 Å². The molecule has 1 aliphatic heterocycles. The number of carbonyl (C=O) groups excluding carboxylic acids is 1. The maximum Gasteiger partial charge on any atom is 0.219 e. The molecule has 1 saturated heterocycles. The normalized spacial score (nSPS) is 23.5. The van der Waals surface area contributed by atoms with Crippen LogP contribution in [0.5, 0.6) is 0 Å². The number of carbonyl (C=O) groups is 1. The van der Waals surface area contributed by atoms with Gasteiger partial charge in [0.1, 0.15) is 0 Å². The van der Waals surface area contributed by atoms with E-state index in [4.69, 9.17) is 0 Å². The Morgan fingerprint density at radius 3 is 2.16 bits per heavy atom. The van der Waals surface area contributed by atoms with Gasteiger partial charge in [-0.05, 0) is 18.8 Å². The number of hydrogen-bond acceptors (Lipinski definition) is 3. The monoisotopic (exact) mass is 288 g/mol. The third-order valence-electron chi connectivity index (χ3n) is 4.25. The summed E-state index contributed by atoms with van der Waals surface area (Å²) in [6.45, 7) is 3.49. The van der Waals surface area contributed by atoms with E-state index in [1.54, 1.807) is 9.21 Å². The van der Waals surface area contributed by atoms with Gasteiger partial charge in [-0.15, -0.1) is 0 Å². The van der Waals surface area contributed by atoms with Crippen molar-refractivity contribution in [2.24, 2.45) is 5.92 Å². The minimum absolute atomic E-state index is 0.0318. The summed E-state index contributed by atoms with van der Waals surface area (Å²) in [6.07, 6.45) is 5.67. The second-order valence-electron chi connectivity index (χ2n) is 5.69. The summed E-state index contributed by atoms with van der Waals surface area (Å²) in [5.41, 5.74) is 0. The molecule has 2 aliphatic rings. The maximum atomic E-state index is 12.4. The topological polar surface area (TPSA) is 57.7 Å². The molecule has 1 heterocycles. The third kappa shape index (κ3) is 3.92. The molecule has 19 heavy (non-hydrogen) atoms. The maximum absolute atomic E-state index is 12.4. The van der Waals surface area contributed by atoms with Gasteiger partial charge in [-0.1, -0.05) is 19.3 Å². The highest BCUT2D eigenvalue weighted by Crippen LogP contribution is 2.26. The molecule has 0 radical (unpaired) electrons. The average Bonchev–Trinajstić information content (AvgIpc) is 2.39. The number of nitrogens with zero attached hydrogens (tertiary/aromatic N) is 2. The Morgan fingerprint density at radius 2 is 1.63 bits per heavy atom. The minimum atomic E-state index is -3.14. The van der Waals surface area contributed by atoms with Crippen molar-refractivity contribution in [1.29, 1.82) is 0 Å². The van der Waals surface area contributed by atoms with Gasteiger partial charge >= 0.3 is 0 Å². The van der Waals surface area contributed by atoms with Crippen LogP contribution in [-0.4, -0.2) is 55.5 Å². The fourth-order valence-corrected chi connectivity index (χ4v) is 4.90. The van der Waals surface area contributed by atoms with Crippen LogP contribution in [0.4, 0.5) is 0 Å². The molecule has 0 aromatic heterocycles. The van der Waals surface area contributed by atoms with Crippen LogP contribution in [0.25, 0.3) is 0 Å². The van der Waals surface area contributed by atoms with Gasteiger partial charge in [0, 0.05) is 33.1 Å². The molecular formula is C13H24N2O3S. The fourth-order valence-electron chi connectivity index (χ4n) is 3.04. The molecule has 0 atom stereocenters. The quantitative estimate of drug-likeness (QED) is 0.780. The van der Waals surface area contributed by atoms with E-state index in [1.807, 2.05) is 0 Å². The molecule has 1 saturated carbocycles. The zero-order valence-corrected chi connectivity index (χ0v) is 12.5. The molecule has 6 heteroatoms. The number of amides is 1. The summed E-state index contributed by atoms with van der Waals surface area (Å²) in [7, 11) is -3.14. The van der Waals surface area contributed by atoms with Gasteiger partial charge in [-0.3, -0.25) is 4.79 Å². The number of rotatable bonds is 3. The van der Waals surface area contributed by atoms with Crippen molar-refractivity contribution >= 4 is 15.9 Å². The van der Waals surface area contributed by atoms with Gasteiger partial charge in [0.05, 0.1) is 5.75 Å². The van der Waals surface area contributed by atoms with Crippen molar-refractivity contribution in [2.75, 3.05) is 31.9 Å². The summed E-state index contributed by atoms with van der Waals surface area (Å²) in [4.78, 5) is 12.9. The van der Waals surface area contributed by atoms with Crippen LogP contribution in [0.2, 0.25) is 0 Å². The zero-order valence-electron chi connectivity index (χ0n) is 11.7. The molecule has 0 spiro atoms. The van der Waals surface area contributed by atoms with Gasteiger partial charge < -0.3 is 4.90 Å². The molecule has 2 fully saturated rings. The number of sulfonamides is 1. The lowest BCUT2D eigenvalue weighted by atomic mass is 9.91. The van der Waals surface area contributed by atoms with Gasteiger partial charge in [-0.25, -0.2) is 8.42 Å². The van der Waals surface area contributed by atoms with Gasteiger partial charge in [-0.2, -0.15) is 4.31 Å². The first kappa shape index (κ1) is 14.8. The first-order chi connectivity index (χ1) is 8.99. The lowest BCUT2D eigenvalue weighted by Gasteiger charge is -2.34. The van der Waals surface area contributed by atoms with E-state index in [0.29, 0.717) is 37.8 Å². The van der Waals surface area contributed by atoms with Crippen LogP contribution in [-0.2, 0) is 14.8 Å². The van der Waals surface area contributed by atoms with E-state index in [0.717, 1.165) is 25.7 Å². The predicted molar refractivity (Wildman–Crippen MR) is 74.2 cm³/mol. The van der Waals surface area contributed by atoms with E-state index in [9.17, 15) is 13.2 Å². The summed E-state index contributed by atoms with van der Waals surface area (Å²) in [5.74, 6) is 0.668. The van der Waals surface area contributed by atoms with Crippen molar-refractivity contribution in [2.45, 2.75) is 39.0 Å². The second kappa shape index (κ2) is 6.22. The zero-order chi connectivity index (χ0) is 13.9. The molecular weight excluding hydrogens is 264 g/mol. The molecule has 1 aliphatic carbocycles. The average molecular weight is 288 g/mol. The lowest BCUT2D eigenvalue weighted by molar-refractivity contribution is -0.129. The van der Waals surface area contributed by atoms with Crippen molar-refractivity contribution in [3.8, 4) is 0 Å². The van der Waals surface area contributed by atoms with Crippen LogP contribution < -0.4 is 0 Å². The van der Waals surface area contributed by atoms with Crippen molar-refractivity contribution in [3.63, 3.8) is 0 Å². The molecule has 0 N–H and O–H groups in total. The van der Waals surface area contributed by atoms with Crippen LogP contribution >= 0.6 is 0 Å². The van der Waals surface area contributed by atoms with Crippen LogP contribution in [0.15, 0.2) is 0 Å². The Hall–Kier alpha value is -0.620. The van der Waals surface area contributed by atoms with Crippen molar-refractivity contribution in [1.82, 2.24) is 9.21 Å². The van der Waals surface area contributed by atoms with Crippen LogP contribution in [0, 0.1) is 5.92 Å². The van der Waals surface area contributed by atoms with E-state index in [1.165, 1.54) is 13.3 Å². The Balaban J connectivity index is 1.88. The summed E-state index contributed by atoms with van der Waals surface area (Å²) >= 11 is 0. The second-order valence-corrected chi connectivity index (χ2v) is 7.70. The Bertz CT molecular complexity index is 408. The summed E-state index contributed by atoms with van der Waals surface area (Å²) in [5, 5.41) is 0. The third-order valence-corrected chi connectivity index (χ3v) is 6.29. The molecule has 2 rings (SSSR count). The van der Waals surface area contributed by atoms with Gasteiger partial charge in [0.25, 0.3) is 0 Å². The van der Waals surface area contributed by atoms with E-state index in [-0.39, 0.29) is 5.91 Å². The Kier molecular flexibility index (Phi) is 4.84.